The quantitative estimate of drug-likeness (QED) is 0.882. The van der Waals surface area contributed by atoms with Crippen molar-refractivity contribution in [2.75, 3.05) is 11.4 Å². The Morgan fingerprint density at radius 2 is 2.00 bits per heavy atom. The van der Waals surface area contributed by atoms with Crippen molar-refractivity contribution in [3.63, 3.8) is 0 Å². The van der Waals surface area contributed by atoms with E-state index in [-0.39, 0.29) is 18.1 Å². The Balaban J connectivity index is 1.81. The molecule has 1 fully saturated rings. The topological polar surface area (TPSA) is 58.6 Å². The van der Waals surface area contributed by atoms with Crippen LogP contribution in [0, 0.1) is 5.82 Å². The number of carbonyl (C=O) groups is 2. The highest BCUT2D eigenvalue weighted by Crippen LogP contribution is 2.33. The van der Waals surface area contributed by atoms with E-state index in [9.17, 15) is 14.0 Å². The molecule has 0 atom stereocenters. The van der Waals surface area contributed by atoms with Gasteiger partial charge in [0.05, 0.1) is 4.47 Å². The van der Waals surface area contributed by atoms with Crippen LogP contribution in [-0.2, 0) is 4.79 Å². The highest BCUT2D eigenvalue weighted by atomic mass is 79.9. The molecule has 0 unspecified atom stereocenters. The lowest BCUT2D eigenvalue weighted by atomic mass is 10.2. The summed E-state index contributed by atoms with van der Waals surface area (Å²) in [7, 11) is 0. The Labute approximate surface area is 140 Å². The van der Waals surface area contributed by atoms with Gasteiger partial charge in [0.25, 0.3) is 0 Å². The fraction of sp³-hybridized carbons (Fsp3) is 0.125. The summed E-state index contributed by atoms with van der Waals surface area (Å²) in [5, 5.41) is 2.27. The molecule has 0 saturated carbocycles. The van der Waals surface area contributed by atoms with Crippen LogP contribution in [0.4, 0.5) is 14.9 Å². The maximum Gasteiger partial charge on any atom is 0.328 e. The predicted molar refractivity (Wildman–Crippen MR) is 86.1 cm³/mol. The Hall–Kier alpha value is -2.41. The maximum absolute atomic E-state index is 13.2. The zero-order valence-corrected chi connectivity index (χ0v) is 13.5. The number of anilines is 1. The maximum atomic E-state index is 13.2. The largest absolute Gasteiger partial charge is 0.456 e. The van der Waals surface area contributed by atoms with E-state index in [1.54, 1.807) is 30.3 Å². The zero-order valence-electron chi connectivity index (χ0n) is 11.9. The highest BCUT2D eigenvalue weighted by Gasteiger charge is 2.24. The van der Waals surface area contributed by atoms with Crippen LogP contribution in [0.5, 0.6) is 11.5 Å². The van der Waals surface area contributed by atoms with Crippen molar-refractivity contribution >= 4 is 33.6 Å². The van der Waals surface area contributed by atoms with E-state index in [1.165, 1.54) is 17.0 Å². The summed E-state index contributed by atoms with van der Waals surface area (Å²) in [6, 6.07) is 10.5. The molecule has 0 aliphatic carbocycles. The first-order valence-corrected chi connectivity index (χ1v) is 7.66. The number of nitrogens with zero attached hydrogens (tertiary/aromatic N) is 1. The number of benzene rings is 2. The van der Waals surface area contributed by atoms with Crippen LogP contribution in [0.2, 0.25) is 0 Å². The summed E-state index contributed by atoms with van der Waals surface area (Å²) in [4.78, 5) is 24.5. The van der Waals surface area contributed by atoms with E-state index in [0.29, 0.717) is 28.2 Å². The molecule has 1 heterocycles. The minimum atomic E-state index is -0.452. The van der Waals surface area contributed by atoms with Crippen LogP contribution >= 0.6 is 15.9 Å². The molecule has 2 aromatic carbocycles. The summed E-state index contributed by atoms with van der Waals surface area (Å²) in [6.45, 7) is 0.321. The third-order valence-electron chi connectivity index (χ3n) is 3.31. The summed E-state index contributed by atoms with van der Waals surface area (Å²) in [6.07, 6.45) is 0.255. The first-order chi connectivity index (χ1) is 11.0. The Kier molecular flexibility index (Phi) is 4.29. The minimum absolute atomic E-state index is 0.255. The van der Waals surface area contributed by atoms with Crippen LogP contribution in [0.15, 0.2) is 46.9 Å². The van der Waals surface area contributed by atoms with Crippen molar-refractivity contribution in [1.82, 2.24) is 5.32 Å². The summed E-state index contributed by atoms with van der Waals surface area (Å²) in [5.41, 5.74) is 0.633. The summed E-state index contributed by atoms with van der Waals surface area (Å²) >= 11 is 3.38. The molecule has 1 aliphatic rings. The van der Waals surface area contributed by atoms with Crippen molar-refractivity contribution in [3.05, 3.63) is 52.8 Å². The van der Waals surface area contributed by atoms with Crippen LogP contribution in [-0.4, -0.2) is 18.5 Å². The fourth-order valence-corrected chi connectivity index (χ4v) is 2.66. The van der Waals surface area contributed by atoms with E-state index >= 15 is 0 Å². The number of halogens is 2. The molecule has 0 aromatic heterocycles. The van der Waals surface area contributed by atoms with Crippen molar-refractivity contribution in [2.24, 2.45) is 0 Å². The number of hydrogen-bond acceptors (Lipinski definition) is 3. The Morgan fingerprint density at radius 1 is 1.17 bits per heavy atom. The molecular formula is C16H12BrFN2O3. The Morgan fingerprint density at radius 3 is 2.70 bits per heavy atom. The van der Waals surface area contributed by atoms with Gasteiger partial charge in [-0.1, -0.05) is 6.07 Å². The molecule has 0 radical (unpaired) electrons. The Bertz CT molecular complexity index is 782. The fourth-order valence-electron chi connectivity index (χ4n) is 2.21. The summed E-state index contributed by atoms with van der Waals surface area (Å²) < 4.78 is 19.4. The number of rotatable bonds is 3. The van der Waals surface area contributed by atoms with Gasteiger partial charge in [-0.2, -0.15) is 0 Å². The normalized spacial score (nSPS) is 14.6. The van der Waals surface area contributed by atoms with Gasteiger partial charge in [-0.15, -0.1) is 0 Å². The van der Waals surface area contributed by atoms with Crippen molar-refractivity contribution in [2.45, 2.75) is 6.42 Å². The van der Waals surface area contributed by atoms with Gasteiger partial charge in [-0.05, 0) is 46.3 Å². The molecule has 5 nitrogen and oxygen atoms in total. The second-order valence-electron chi connectivity index (χ2n) is 4.93. The second-order valence-corrected chi connectivity index (χ2v) is 5.78. The molecule has 1 N–H and O–H groups in total. The standard InChI is InChI=1S/C16H12BrFN2O3/c17-13-9-11(20-7-6-15(21)19-16(20)22)4-5-14(13)23-12-3-1-2-10(18)8-12/h1-5,8-9H,6-7H2,(H,19,21,22). The number of ether oxygens (including phenoxy) is 1. The first-order valence-electron chi connectivity index (χ1n) is 6.87. The van der Waals surface area contributed by atoms with E-state index in [0.717, 1.165) is 0 Å². The molecule has 23 heavy (non-hydrogen) atoms. The molecule has 7 heteroatoms. The zero-order chi connectivity index (χ0) is 16.4. The number of carbonyl (C=O) groups excluding carboxylic acids is 2. The van der Waals surface area contributed by atoms with Crippen molar-refractivity contribution < 1.29 is 18.7 Å². The molecule has 3 amide bonds. The number of nitrogens with one attached hydrogen (secondary N) is 1. The predicted octanol–water partition coefficient (Wildman–Crippen LogP) is 3.83. The average Bonchev–Trinajstić information content (AvgIpc) is 2.49. The number of imide groups is 1. The van der Waals surface area contributed by atoms with E-state index in [1.807, 2.05) is 0 Å². The molecule has 3 rings (SSSR count). The van der Waals surface area contributed by atoms with Crippen LogP contribution < -0.4 is 15.0 Å². The molecule has 0 bridgehead atoms. The van der Waals surface area contributed by atoms with Crippen LogP contribution in [0.1, 0.15) is 6.42 Å². The average molecular weight is 379 g/mol. The van der Waals surface area contributed by atoms with E-state index in [4.69, 9.17) is 4.74 Å². The number of hydrogen-bond donors (Lipinski definition) is 1. The lowest BCUT2D eigenvalue weighted by Crippen LogP contribution is -2.49. The van der Waals surface area contributed by atoms with Gasteiger partial charge in [0, 0.05) is 24.7 Å². The lowest BCUT2D eigenvalue weighted by Gasteiger charge is -2.26. The smallest absolute Gasteiger partial charge is 0.328 e. The number of amides is 3. The monoisotopic (exact) mass is 378 g/mol. The van der Waals surface area contributed by atoms with Gasteiger partial charge < -0.3 is 4.74 Å². The molecular weight excluding hydrogens is 367 g/mol. The third kappa shape index (κ3) is 3.50. The van der Waals surface area contributed by atoms with Crippen LogP contribution in [0.25, 0.3) is 0 Å². The van der Waals surface area contributed by atoms with Crippen molar-refractivity contribution in [3.8, 4) is 11.5 Å². The lowest BCUT2D eigenvalue weighted by molar-refractivity contribution is -0.120. The second kappa shape index (κ2) is 6.37. The molecule has 1 aliphatic heterocycles. The number of urea groups is 1. The van der Waals surface area contributed by atoms with Crippen molar-refractivity contribution in [1.29, 1.82) is 0 Å². The van der Waals surface area contributed by atoms with E-state index in [2.05, 4.69) is 21.2 Å². The van der Waals surface area contributed by atoms with Gasteiger partial charge in [0.15, 0.2) is 0 Å². The third-order valence-corrected chi connectivity index (χ3v) is 3.92. The van der Waals surface area contributed by atoms with Gasteiger partial charge in [-0.3, -0.25) is 15.0 Å². The molecule has 118 valence electrons. The van der Waals surface area contributed by atoms with Gasteiger partial charge >= 0.3 is 6.03 Å². The minimum Gasteiger partial charge on any atom is -0.456 e. The van der Waals surface area contributed by atoms with Crippen LogP contribution in [0.3, 0.4) is 0 Å². The SMILES string of the molecule is O=C1CCN(c2ccc(Oc3cccc(F)c3)c(Br)c2)C(=O)N1. The van der Waals surface area contributed by atoms with E-state index < -0.39 is 6.03 Å². The van der Waals surface area contributed by atoms with Gasteiger partial charge in [0.1, 0.15) is 17.3 Å². The van der Waals surface area contributed by atoms with Gasteiger partial charge in [-0.25, -0.2) is 9.18 Å². The molecule has 0 spiro atoms. The summed E-state index contributed by atoms with van der Waals surface area (Å²) in [5.74, 6) is 0.203. The first kappa shape index (κ1) is 15.5. The molecule has 2 aromatic rings. The molecule has 1 saturated heterocycles. The highest BCUT2D eigenvalue weighted by molar-refractivity contribution is 9.10. The van der Waals surface area contributed by atoms with Gasteiger partial charge in [0.2, 0.25) is 5.91 Å².